The third-order valence-corrected chi connectivity index (χ3v) is 4.50. The highest BCUT2D eigenvalue weighted by atomic mass is 79.9. The molecule has 0 unspecified atom stereocenters. The van der Waals surface area contributed by atoms with Crippen LogP contribution >= 0.6 is 15.9 Å². The van der Waals surface area contributed by atoms with Gasteiger partial charge in [-0.25, -0.2) is 4.79 Å². The van der Waals surface area contributed by atoms with Crippen molar-refractivity contribution in [2.45, 2.75) is 89.9 Å². The summed E-state index contributed by atoms with van der Waals surface area (Å²) < 4.78 is 4.95. The molecule has 0 aliphatic carbocycles. The van der Waals surface area contributed by atoms with Crippen molar-refractivity contribution in [2.75, 3.05) is 11.9 Å². The van der Waals surface area contributed by atoms with Crippen LogP contribution in [-0.4, -0.2) is 17.9 Å². The maximum atomic E-state index is 10.8. The van der Waals surface area contributed by atoms with Gasteiger partial charge in [-0.05, 0) is 12.8 Å². The molecule has 0 aliphatic rings. The predicted molar refractivity (Wildman–Crippen MR) is 99.6 cm³/mol. The zero-order valence-corrected chi connectivity index (χ0v) is 15.9. The molecule has 0 saturated heterocycles. The summed E-state index contributed by atoms with van der Waals surface area (Å²) >= 11 is 3.48. The van der Waals surface area contributed by atoms with E-state index in [1.54, 1.807) is 0 Å². The summed E-state index contributed by atoms with van der Waals surface area (Å²) in [5, 5.41) is 1.16. The first-order chi connectivity index (χ1) is 10.8. The van der Waals surface area contributed by atoms with Gasteiger partial charge in [-0.15, -0.1) is 0 Å². The first kappa shape index (κ1) is 21.7. The fraction of sp³-hybridized carbons (Fsp3) is 0.842. The lowest BCUT2D eigenvalue weighted by Crippen LogP contribution is -2.01. The standard InChI is InChI=1S/C19H35BrO2/c1-2-19(21)22-18-16-14-12-10-8-6-4-3-5-7-9-11-13-15-17-20/h2H,1,3-18H2. The molecule has 0 fully saturated rings. The molecule has 0 amide bonds. The lowest BCUT2D eigenvalue weighted by atomic mass is 10.0. The summed E-state index contributed by atoms with van der Waals surface area (Å²) in [4.78, 5) is 10.8. The van der Waals surface area contributed by atoms with E-state index in [1.807, 2.05) is 0 Å². The third-order valence-electron chi connectivity index (χ3n) is 3.94. The van der Waals surface area contributed by atoms with E-state index >= 15 is 0 Å². The number of esters is 1. The Morgan fingerprint density at radius 1 is 0.727 bits per heavy atom. The summed E-state index contributed by atoms with van der Waals surface area (Å²) in [6, 6.07) is 0. The molecule has 0 N–H and O–H groups in total. The van der Waals surface area contributed by atoms with Gasteiger partial charge in [0, 0.05) is 11.4 Å². The van der Waals surface area contributed by atoms with Crippen molar-refractivity contribution in [1.29, 1.82) is 0 Å². The molecule has 0 bridgehead atoms. The maximum absolute atomic E-state index is 10.8. The van der Waals surface area contributed by atoms with E-state index in [0.29, 0.717) is 6.61 Å². The van der Waals surface area contributed by atoms with Crippen molar-refractivity contribution in [1.82, 2.24) is 0 Å². The van der Waals surface area contributed by atoms with Crippen LogP contribution in [0.25, 0.3) is 0 Å². The Morgan fingerprint density at radius 2 is 1.09 bits per heavy atom. The van der Waals surface area contributed by atoms with Gasteiger partial charge < -0.3 is 4.74 Å². The van der Waals surface area contributed by atoms with Crippen LogP contribution < -0.4 is 0 Å². The Hall–Kier alpha value is -0.310. The van der Waals surface area contributed by atoms with Gasteiger partial charge in [0.05, 0.1) is 6.61 Å². The second-order valence-electron chi connectivity index (χ2n) is 6.01. The van der Waals surface area contributed by atoms with Gasteiger partial charge in [0.25, 0.3) is 0 Å². The van der Waals surface area contributed by atoms with Gasteiger partial charge in [-0.2, -0.15) is 0 Å². The molecule has 0 aliphatic heterocycles. The summed E-state index contributed by atoms with van der Waals surface area (Å²) in [6.45, 7) is 3.92. The molecule has 0 aromatic heterocycles. The number of hydrogen-bond acceptors (Lipinski definition) is 2. The van der Waals surface area contributed by atoms with Gasteiger partial charge >= 0.3 is 5.97 Å². The molecule has 0 saturated carbocycles. The molecule has 0 rings (SSSR count). The third kappa shape index (κ3) is 17.7. The average Bonchev–Trinajstić information content (AvgIpc) is 2.54. The monoisotopic (exact) mass is 374 g/mol. The van der Waals surface area contributed by atoms with Gasteiger partial charge in [-0.3, -0.25) is 0 Å². The quantitative estimate of drug-likeness (QED) is 0.124. The Bertz CT molecular complexity index is 254. The number of hydrogen-bond donors (Lipinski definition) is 0. The predicted octanol–water partition coefficient (Wildman–Crippen LogP) is 6.57. The lowest BCUT2D eigenvalue weighted by molar-refractivity contribution is -0.137. The van der Waals surface area contributed by atoms with Crippen molar-refractivity contribution in [3.8, 4) is 0 Å². The van der Waals surface area contributed by atoms with Crippen molar-refractivity contribution >= 4 is 21.9 Å². The van der Waals surface area contributed by atoms with Gasteiger partial charge in [-0.1, -0.05) is 99.6 Å². The zero-order chi connectivity index (χ0) is 16.3. The maximum Gasteiger partial charge on any atom is 0.330 e. The number of carbonyl (C=O) groups excluding carboxylic acids is 1. The van der Waals surface area contributed by atoms with E-state index in [0.717, 1.165) is 11.8 Å². The second-order valence-corrected chi connectivity index (χ2v) is 6.80. The minimum atomic E-state index is -0.303. The lowest BCUT2D eigenvalue weighted by Gasteiger charge is -2.04. The zero-order valence-electron chi connectivity index (χ0n) is 14.3. The highest BCUT2D eigenvalue weighted by molar-refractivity contribution is 9.09. The van der Waals surface area contributed by atoms with Crippen LogP contribution in [0.2, 0.25) is 0 Å². The molecular formula is C19H35BrO2. The largest absolute Gasteiger partial charge is 0.463 e. The van der Waals surface area contributed by atoms with Crippen molar-refractivity contribution < 1.29 is 9.53 Å². The average molecular weight is 375 g/mol. The molecule has 0 aromatic carbocycles. The summed E-state index contributed by atoms with van der Waals surface area (Å²) in [5.74, 6) is -0.303. The van der Waals surface area contributed by atoms with Crippen LogP contribution in [0.3, 0.4) is 0 Å². The summed E-state index contributed by atoms with van der Waals surface area (Å²) in [7, 11) is 0. The molecular weight excluding hydrogens is 340 g/mol. The molecule has 0 heterocycles. The van der Waals surface area contributed by atoms with Crippen molar-refractivity contribution in [3.05, 3.63) is 12.7 Å². The SMILES string of the molecule is C=CC(=O)OCCCCCCCCCCCCCCCCBr. The summed E-state index contributed by atoms with van der Waals surface area (Å²) in [5.41, 5.74) is 0. The van der Waals surface area contributed by atoms with E-state index < -0.39 is 0 Å². The van der Waals surface area contributed by atoms with Gasteiger partial charge in [0.1, 0.15) is 0 Å². The highest BCUT2D eigenvalue weighted by Gasteiger charge is 1.96. The number of carbonyl (C=O) groups is 1. The van der Waals surface area contributed by atoms with E-state index in [9.17, 15) is 4.79 Å². The molecule has 0 atom stereocenters. The smallest absolute Gasteiger partial charge is 0.330 e. The van der Waals surface area contributed by atoms with E-state index in [-0.39, 0.29) is 5.97 Å². The Kier molecular flexibility index (Phi) is 18.5. The molecule has 0 aromatic rings. The number of halogens is 1. The molecule has 3 heteroatoms. The molecule has 0 spiro atoms. The van der Waals surface area contributed by atoms with E-state index in [4.69, 9.17) is 4.74 Å². The Morgan fingerprint density at radius 3 is 1.45 bits per heavy atom. The van der Waals surface area contributed by atoms with Gasteiger partial charge in [0.2, 0.25) is 0 Å². The summed E-state index contributed by atoms with van der Waals surface area (Å²) in [6.07, 6.45) is 19.9. The molecule has 22 heavy (non-hydrogen) atoms. The van der Waals surface area contributed by atoms with Crippen LogP contribution in [0.5, 0.6) is 0 Å². The van der Waals surface area contributed by atoms with E-state index in [2.05, 4.69) is 22.5 Å². The number of unbranched alkanes of at least 4 members (excludes halogenated alkanes) is 13. The number of ether oxygens (including phenoxy) is 1. The van der Waals surface area contributed by atoms with Crippen LogP contribution in [-0.2, 0) is 9.53 Å². The molecule has 130 valence electrons. The topological polar surface area (TPSA) is 26.3 Å². The first-order valence-electron chi connectivity index (χ1n) is 9.16. The second kappa shape index (κ2) is 18.7. The Labute approximate surface area is 146 Å². The van der Waals surface area contributed by atoms with Gasteiger partial charge in [0.15, 0.2) is 0 Å². The van der Waals surface area contributed by atoms with Crippen LogP contribution in [0.4, 0.5) is 0 Å². The minimum absolute atomic E-state index is 0.303. The highest BCUT2D eigenvalue weighted by Crippen LogP contribution is 2.13. The fourth-order valence-electron chi connectivity index (χ4n) is 2.55. The van der Waals surface area contributed by atoms with Crippen LogP contribution in [0.15, 0.2) is 12.7 Å². The normalized spacial score (nSPS) is 10.6. The molecule has 0 radical (unpaired) electrons. The first-order valence-corrected chi connectivity index (χ1v) is 10.3. The van der Waals surface area contributed by atoms with E-state index in [1.165, 1.54) is 89.5 Å². The van der Waals surface area contributed by atoms with Crippen LogP contribution in [0.1, 0.15) is 89.9 Å². The Balaban J connectivity index is 2.99. The minimum Gasteiger partial charge on any atom is -0.463 e. The fourth-order valence-corrected chi connectivity index (χ4v) is 2.95. The molecule has 2 nitrogen and oxygen atoms in total. The number of rotatable bonds is 17. The number of alkyl halides is 1. The van der Waals surface area contributed by atoms with Crippen molar-refractivity contribution in [2.24, 2.45) is 0 Å². The van der Waals surface area contributed by atoms with Crippen molar-refractivity contribution in [3.63, 3.8) is 0 Å². The van der Waals surface area contributed by atoms with Crippen LogP contribution in [0, 0.1) is 0 Å².